The van der Waals surface area contributed by atoms with E-state index in [2.05, 4.69) is 5.32 Å². The summed E-state index contributed by atoms with van der Waals surface area (Å²) in [6.45, 7) is 2.36. The fraction of sp³-hybridized carbons (Fsp3) is 0.227. The molecule has 2 aromatic carbocycles. The highest BCUT2D eigenvalue weighted by atomic mass is 32.2. The first kappa shape index (κ1) is 21.9. The smallest absolute Gasteiger partial charge is 0.266 e. The van der Waals surface area contributed by atoms with E-state index in [1.165, 1.54) is 29.8 Å². The van der Waals surface area contributed by atoms with E-state index >= 15 is 0 Å². The Hall–Kier alpha value is -2.84. The summed E-state index contributed by atoms with van der Waals surface area (Å²) in [5.74, 6) is 0.0805. The number of hydrogen-bond acceptors (Lipinski definition) is 6. The summed E-state index contributed by atoms with van der Waals surface area (Å²) in [6, 6.07) is 12.4. The van der Waals surface area contributed by atoms with Gasteiger partial charge in [-0.15, -0.1) is 0 Å². The number of aryl methyl sites for hydroxylation is 1. The van der Waals surface area contributed by atoms with Crippen LogP contribution in [-0.2, 0) is 9.59 Å². The molecule has 0 spiro atoms. The van der Waals surface area contributed by atoms with Crippen LogP contribution in [0.1, 0.15) is 24.0 Å². The van der Waals surface area contributed by atoms with Crippen molar-refractivity contribution in [1.82, 2.24) is 4.90 Å². The van der Waals surface area contributed by atoms with Crippen molar-refractivity contribution in [3.8, 4) is 11.5 Å². The molecule has 1 heterocycles. The molecule has 8 heteroatoms. The van der Waals surface area contributed by atoms with Crippen LogP contribution in [-0.4, -0.2) is 39.8 Å². The normalized spacial score (nSPS) is 15.0. The molecule has 1 fully saturated rings. The molecule has 6 nitrogen and oxygen atoms in total. The van der Waals surface area contributed by atoms with Crippen LogP contribution in [0.25, 0.3) is 6.08 Å². The van der Waals surface area contributed by atoms with Crippen LogP contribution in [0.3, 0.4) is 0 Å². The molecule has 0 unspecified atom stereocenters. The first-order valence-electron chi connectivity index (χ1n) is 9.36. The third-order valence-electron chi connectivity index (χ3n) is 4.50. The predicted octanol–water partition coefficient (Wildman–Crippen LogP) is 4.33. The number of carbonyl (C=O) groups excluding carboxylic acids is 2. The average Bonchev–Trinajstić information content (AvgIpc) is 2.98. The molecule has 0 bridgehead atoms. The van der Waals surface area contributed by atoms with Crippen molar-refractivity contribution in [2.24, 2.45) is 0 Å². The number of phenolic OH excluding ortho intramolecular Hbond substituents is 1. The summed E-state index contributed by atoms with van der Waals surface area (Å²) in [7, 11) is 1.47. The number of ether oxygens (including phenoxy) is 1. The number of methoxy groups -OCH3 is 1. The molecular formula is C22H22N2O4S2. The molecule has 2 N–H and O–H groups in total. The highest BCUT2D eigenvalue weighted by Crippen LogP contribution is 2.34. The van der Waals surface area contributed by atoms with Crippen LogP contribution < -0.4 is 10.1 Å². The molecule has 1 aliphatic heterocycles. The number of nitrogens with one attached hydrogen (secondary N) is 1. The quantitative estimate of drug-likeness (QED) is 0.491. The number of rotatable bonds is 7. The third-order valence-corrected chi connectivity index (χ3v) is 5.87. The predicted molar refractivity (Wildman–Crippen MR) is 124 cm³/mol. The molecular weight excluding hydrogens is 420 g/mol. The van der Waals surface area contributed by atoms with E-state index in [1.54, 1.807) is 18.2 Å². The zero-order chi connectivity index (χ0) is 21.7. The van der Waals surface area contributed by atoms with E-state index in [0.29, 0.717) is 34.4 Å². The van der Waals surface area contributed by atoms with Crippen molar-refractivity contribution in [1.29, 1.82) is 0 Å². The largest absolute Gasteiger partial charge is 0.504 e. The van der Waals surface area contributed by atoms with Crippen LogP contribution in [0.4, 0.5) is 5.69 Å². The van der Waals surface area contributed by atoms with E-state index in [9.17, 15) is 14.7 Å². The van der Waals surface area contributed by atoms with Gasteiger partial charge in [-0.05, 0) is 49.2 Å². The Morgan fingerprint density at radius 2 is 2.00 bits per heavy atom. The van der Waals surface area contributed by atoms with Gasteiger partial charge in [-0.25, -0.2) is 0 Å². The molecule has 0 radical (unpaired) electrons. The summed E-state index contributed by atoms with van der Waals surface area (Å²) in [6.07, 6.45) is 2.51. The Labute approximate surface area is 184 Å². The Bertz CT molecular complexity index is 1000. The highest BCUT2D eigenvalue weighted by molar-refractivity contribution is 8.26. The first-order chi connectivity index (χ1) is 14.4. The Morgan fingerprint density at radius 1 is 1.27 bits per heavy atom. The molecule has 2 amide bonds. The molecule has 0 saturated carbocycles. The number of anilines is 1. The molecule has 0 aromatic heterocycles. The van der Waals surface area contributed by atoms with Gasteiger partial charge in [0.1, 0.15) is 4.32 Å². The number of thioether (sulfide) groups is 1. The second-order valence-corrected chi connectivity index (χ2v) is 8.46. The Kier molecular flexibility index (Phi) is 7.12. The zero-order valence-electron chi connectivity index (χ0n) is 16.7. The van der Waals surface area contributed by atoms with Gasteiger partial charge < -0.3 is 15.2 Å². The van der Waals surface area contributed by atoms with Gasteiger partial charge in [0, 0.05) is 18.7 Å². The minimum Gasteiger partial charge on any atom is -0.504 e. The molecule has 156 valence electrons. The van der Waals surface area contributed by atoms with Gasteiger partial charge in [0.15, 0.2) is 11.5 Å². The number of benzene rings is 2. The maximum atomic E-state index is 12.7. The van der Waals surface area contributed by atoms with Crippen LogP contribution in [0.2, 0.25) is 0 Å². The molecule has 3 rings (SSSR count). The molecule has 0 atom stereocenters. The van der Waals surface area contributed by atoms with E-state index in [-0.39, 0.29) is 17.6 Å². The van der Waals surface area contributed by atoms with Gasteiger partial charge in [0.25, 0.3) is 5.91 Å². The minimum absolute atomic E-state index is 0.0334. The lowest BCUT2D eigenvalue weighted by Gasteiger charge is -2.14. The number of phenols is 1. The SMILES string of the molecule is COc1cc(/C=C2\SC(=S)N(CCCC(=O)Nc3ccc(C)cc3)C2=O)ccc1O. The Balaban J connectivity index is 1.56. The molecule has 0 aliphatic carbocycles. The maximum absolute atomic E-state index is 12.7. The molecule has 1 aliphatic rings. The average molecular weight is 443 g/mol. The van der Waals surface area contributed by atoms with E-state index < -0.39 is 0 Å². The van der Waals surface area contributed by atoms with E-state index in [1.807, 2.05) is 31.2 Å². The third kappa shape index (κ3) is 5.40. The van der Waals surface area contributed by atoms with Crippen molar-refractivity contribution in [3.63, 3.8) is 0 Å². The number of amides is 2. The van der Waals surface area contributed by atoms with Crippen molar-refractivity contribution in [2.45, 2.75) is 19.8 Å². The molecule has 2 aromatic rings. The topological polar surface area (TPSA) is 78.9 Å². The van der Waals surface area contributed by atoms with Gasteiger partial charge in [-0.1, -0.05) is 47.7 Å². The summed E-state index contributed by atoms with van der Waals surface area (Å²) in [5.41, 5.74) is 2.60. The second-order valence-electron chi connectivity index (χ2n) is 6.78. The first-order valence-corrected chi connectivity index (χ1v) is 10.6. The summed E-state index contributed by atoms with van der Waals surface area (Å²) in [4.78, 5) is 26.9. The van der Waals surface area contributed by atoms with Gasteiger partial charge in [-0.2, -0.15) is 0 Å². The van der Waals surface area contributed by atoms with Gasteiger partial charge in [0.2, 0.25) is 5.91 Å². The van der Waals surface area contributed by atoms with Crippen molar-refractivity contribution < 1.29 is 19.4 Å². The molecule has 1 saturated heterocycles. The Morgan fingerprint density at radius 3 is 2.70 bits per heavy atom. The fourth-order valence-electron chi connectivity index (χ4n) is 2.89. The van der Waals surface area contributed by atoms with Crippen molar-refractivity contribution in [2.75, 3.05) is 19.0 Å². The van der Waals surface area contributed by atoms with Gasteiger partial charge in [0.05, 0.1) is 12.0 Å². The maximum Gasteiger partial charge on any atom is 0.266 e. The summed E-state index contributed by atoms with van der Waals surface area (Å²) < 4.78 is 5.57. The number of thiocarbonyl (C=S) groups is 1. The second kappa shape index (κ2) is 9.77. The minimum atomic E-state index is -0.184. The summed E-state index contributed by atoms with van der Waals surface area (Å²) in [5, 5.41) is 12.5. The van der Waals surface area contributed by atoms with Gasteiger partial charge >= 0.3 is 0 Å². The lowest BCUT2D eigenvalue weighted by molar-refractivity contribution is -0.122. The standard InChI is InChI=1S/C22H22N2O4S2/c1-14-5-8-16(9-6-14)23-20(26)4-3-11-24-21(27)19(30-22(24)29)13-15-7-10-17(25)18(12-15)28-2/h5-10,12-13,25H,3-4,11H2,1-2H3,(H,23,26)/b19-13-. The van der Waals surface area contributed by atoms with Crippen molar-refractivity contribution in [3.05, 3.63) is 58.5 Å². The number of aromatic hydroxyl groups is 1. The van der Waals surface area contributed by atoms with Crippen LogP contribution in [0.5, 0.6) is 11.5 Å². The zero-order valence-corrected chi connectivity index (χ0v) is 18.3. The van der Waals surface area contributed by atoms with Crippen LogP contribution in [0, 0.1) is 6.92 Å². The molecule has 30 heavy (non-hydrogen) atoms. The van der Waals surface area contributed by atoms with Crippen LogP contribution in [0.15, 0.2) is 47.4 Å². The monoisotopic (exact) mass is 442 g/mol. The van der Waals surface area contributed by atoms with E-state index in [0.717, 1.165) is 16.8 Å². The lowest BCUT2D eigenvalue weighted by Crippen LogP contribution is -2.29. The number of hydrogen-bond donors (Lipinski definition) is 2. The fourth-order valence-corrected chi connectivity index (χ4v) is 4.19. The number of carbonyl (C=O) groups is 2. The van der Waals surface area contributed by atoms with Crippen molar-refractivity contribution >= 4 is 51.9 Å². The highest BCUT2D eigenvalue weighted by Gasteiger charge is 2.31. The van der Waals surface area contributed by atoms with Crippen LogP contribution >= 0.6 is 24.0 Å². The number of nitrogens with zero attached hydrogens (tertiary/aromatic N) is 1. The van der Waals surface area contributed by atoms with E-state index in [4.69, 9.17) is 17.0 Å². The summed E-state index contributed by atoms with van der Waals surface area (Å²) >= 11 is 6.56. The lowest BCUT2D eigenvalue weighted by atomic mass is 10.2. The van der Waals surface area contributed by atoms with Gasteiger partial charge in [-0.3, -0.25) is 14.5 Å².